The molecule has 3 nitrogen and oxygen atoms in total. The van der Waals surface area contributed by atoms with Gasteiger partial charge in [0.25, 0.3) is 0 Å². The maximum absolute atomic E-state index is 7.38. The van der Waals surface area contributed by atoms with Crippen molar-refractivity contribution in [2.75, 3.05) is 13.2 Å². The monoisotopic (exact) mass is 670 g/mol. The van der Waals surface area contributed by atoms with E-state index in [1.54, 1.807) is 0 Å². The summed E-state index contributed by atoms with van der Waals surface area (Å²) in [6.45, 7) is 10.7. The first-order valence-corrected chi connectivity index (χ1v) is 25.9. The van der Waals surface area contributed by atoms with Gasteiger partial charge >= 0.3 is 215 Å². The first kappa shape index (κ1) is 29.1. The Morgan fingerprint density at radius 2 is 0.970 bits per heavy atom. The first-order valence-electron chi connectivity index (χ1n) is 13.2. The maximum atomic E-state index is 7.38. The summed E-state index contributed by atoms with van der Waals surface area (Å²) in [7, 11) is 0. The van der Waals surface area contributed by atoms with E-state index in [-0.39, 0.29) is 0 Å². The zero-order valence-electron chi connectivity index (χ0n) is 21.5. The van der Waals surface area contributed by atoms with Gasteiger partial charge < -0.3 is 0 Å². The average molecular weight is 668 g/mol. The molecule has 0 aliphatic heterocycles. The van der Waals surface area contributed by atoms with Crippen LogP contribution in [0.2, 0.25) is 17.7 Å². The van der Waals surface area contributed by atoms with Crippen LogP contribution in [0.25, 0.3) is 0 Å². The van der Waals surface area contributed by atoms with Crippen molar-refractivity contribution in [3.63, 3.8) is 0 Å². The zero-order chi connectivity index (χ0) is 23.8. The zero-order valence-corrected chi connectivity index (χ0v) is 27.2. The van der Waals surface area contributed by atoms with Gasteiger partial charge in [-0.3, -0.25) is 0 Å². The Bertz CT molecular complexity index is 680. The molecule has 0 amide bonds. The van der Waals surface area contributed by atoms with Crippen molar-refractivity contribution in [2.24, 2.45) is 0 Å². The molecule has 2 aromatic rings. The molecule has 0 fully saturated rings. The van der Waals surface area contributed by atoms with Gasteiger partial charge in [0.05, 0.1) is 0 Å². The van der Waals surface area contributed by atoms with Crippen LogP contribution in [0.4, 0.5) is 0 Å². The van der Waals surface area contributed by atoms with E-state index in [0.29, 0.717) is 0 Å². The molecule has 2 atom stereocenters. The molecule has 0 N–H and O–H groups in total. The van der Waals surface area contributed by atoms with Gasteiger partial charge in [-0.15, -0.1) is 0 Å². The summed E-state index contributed by atoms with van der Waals surface area (Å²) in [5.74, 6) is 0. The Labute approximate surface area is 213 Å². The molecular formula is C28H46O3Sn2. The molecule has 0 radical (unpaired) electrons. The van der Waals surface area contributed by atoms with Crippen molar-refractivity contribution in [3.8, 4) is 0 Å². The minimum absolute atomic E-state index is 0.779. The van der Waals surface area contributed by atoms with Gasteiger partial charge in [0.15, 0.2) is 0 Å². The minimum atomic E-state index is -3.23. The SMILES string of the molecule is CCC[CH2][Sn]([CH2]C)([O]CCc1ccccc1)[O][Sn]([CH2]C)([CH2]CCC)[O]CCc1ccccc1. The van der Waals surface area contributed by atoms with Gasteiger partial charge in [-0.1, -0.05) is 0 Å². The molecule has 2 unspecified atom stereocenters. The summed E-state index contributed by atoms with van der Waals surface area (Å²) in [6, 6.07) is 21.4. The van der Waals surface area contributed by atoms with Crippen LogP contribution in [0.3, 0.4) is 0 Å². The van der Waals surface area contributed by atoms with E-state index in [1.807, 2.05) is 0 Å². The second-order valence-electron chi connectivity index (χ2n) is 9.01. The van der Waals surface area contributed by atoms with E-state index < -0.39 is 38.4 Å². The summed E-state index contributed by atoms with van der Waals surface area (Å²) >= 11 is -6.46. The van der Waals surface area contributed by atoms with Gasteiger partial charge in [-0.05, 0) is 0 Å². The molecule has 0 aliphatic rings. The Kier molecular flexibility index (Phi) is 14.6. The molecule has 2 aromatic carbocycles. The van der Waals surface area contributed by atoms with E-state index in [2.05, 4.69) is 88.4 Å². The molecule has 0 saturated heterocycles. The number of unbranched alkanes of at least 4 members (excludes halogenated alkanes) is 2. The Balaban J connectivity index is 2.12. The summed E-state index contributed by atoms with van der Waals surface area (Å²) in [5.41, 5.74) is 2.69. The standard InChI is InChI=1S/2C8H9O.2C4H9.2C2H5.O.2Sn/c2*9-7-6-8-4-2-1-3-5-8;2*1-3-4-2;2*1-2;;;/h2*1-5H,6-7H2;2*1,3-4H2,2H3;2*1H2,2H3;;;/q2*-1;;;;;;2*+1. The van der Waals surface area contributed by atoms with E-state index in [1.165, 1.54) is 36.8 Å². The number of rotatable bonds is 18. The van der Waals surface area contributed by atoms with Gasteiger partial charge in [-0.25, -0.2) is 0 Å². The molecular weight excluding hydrogens is 622 g/mol. The van der Waals surface area contributed by atoms with Crippen LogP contribution in [0.5, 0.6) is 0 Å². The van der Waals surface area contributed by atoms with E-state index >= 15 is 0 Å². The molecule has 0 saturated carbocycles. The fourth-order valence-electron chi connectivity index (χ4n) is 4.24. The third-order valence-corrected chi connectivity index (χ3v) is 39.5. The molecule has 0 aromatic heterocycles. The van der Waals surface area contributed by atoms with Crippen LogP contribution in [-0.2, 0) is 20.4 Å². The average Bonchev–Trinajstić information content (AvgIpc) is 2.87. The second kappa shape index (κ2) is 16.6. The number of benzene rings is 2. The van der Waals surface area contributed by atoms with Gasteiger partial charge in [-0.2, -0.15) is 0 Å². The number of hydrogen-bond acceptors (Lipinski definition) is 3. The molecule has 0 aliphatic carbocycles. The predicted octanol–water partition coefficient (Wildman–Crippen LogP) is 8.05. The summed E-state index contributed by atoms with van der Waals surface area (Å²) < 4.78 is 25.5. The Hall–Kier alpha value is -0.0826. The normalized spacial score (nSPS) is 15.2. The predicted molar refractivity (Wildman–Crippen MR) is 145 cm³/mol. The second-order valence-corrected chi connectivity index (χ2v) is 32.4. The third-order valence-electron chi connectivity index (χ3n) is 6.47. The number of hydrogen-bond donors (Lipinski definition) is 0. The van der Waals surface area contributed by atoms with Gasteiger partial charge in [0.2, 0.25) is 0 Å². The third kappa shape index (κ3) is 10.6. The van der Waals surface area contributed by atoms with E-state index in [9.17, 15) is 0 Å². The van der Waals surface area contributed by atoms with Crippen LogP contribution in [0.1, 0.15) is 64.5 Å². The Morgan fingerprint density at radius 3 is 1.30 bits per heavy atom. The van der Waals surface area contributed by atoms with Gasteiger partial charge in [0.1, 0.15) is 0 Å². The quantitative estimate of drug-likeness (QED) is 0.151. The molecule has 0 heterocycles. The van der Waals surface area contributed by atoms with Crippen LogP contribution >= 0.6 is 0 Å². The van der Waals surface area contributed by atoms with Crippen molar-refractivity contribution in [1.82, 2.24) is 0 Å². The first-order chi connectivity index (χ1) is 16.1. The van der Waals surface area contributed by atoms with Crippen molar-refractivity contribution in [1.29, 1.82) is 0 Å². The Morgan fingerprint density at radius 1 is 0.576 bits per heavy atom. The van der Waals surface area contributed by atoms with Crippen molar-refractivity contribution >= 4 is 38.4 Å². The molecule has 2 rings (SSSR count). The molecule has 184 valence electrons. The van der Waals surface area contributed by atoms with E-state index in [4.69, 9.17) is 7.56 Å². The van der Waals surface area contributed by atoms with Crippen LogP contribution in [0.15, 0.2) is 60.7 Å². The van der Waals surface area contributed by atoms with Crippen molar-refractivity contribution in [2.45, 2.75) is 84.0 Å². The van der Waals surface area contributed by atoms with Crippen LogP contribution < -0.4 is 0 Å². The molecule has 0 spiro atoms. The topological polar surface area (TPSA) is 27.7 Å². The summed E-state index contributed by atoms with van der Waals surface area (Å²) in [5, 5.41) is 0. The summed E-state index contributed by atoms with van der Waals surface area (Å²) in [4.78, 5) is 0. The summed E-state index contributed by atoms with van der Waals surface area (Å²) in [6.07, 6.45) is 6.74. The van der Waals surface area contributed by atoms with Crippen LogP contribution in [-0.4, -0.2) is 51.6 Å². The fourth-order valence-corrected chi connectivity index (χ4v) is 44.4. The van der Waals surface area contributed by atoms with Crippen molar-refractivity contribution < 1.29 is 7.56 Å². The molecule has 0 bridgehead atoms. The molecule has 33 heavy (non-hydrogen) atoms. The van der Waals surface area contributed by atoms with Gasteiger partial charge in [0, 0.05) is 0 Å². The van der Waals surface area contributed by atoms with Crippen molar-refractivity contribution in [3.05, 3.63) is 71.8 Å². The fraction of sp³-hybridized carbons (Fsp3) is 0.571. The van der Waals surface area contributed by atoms with Crippen LogP contribution in [0, 0.1) is 0 Å². The molecule has 5 heteroatoms. The van der Waals surface area contributed by atoms with E-state index in [0.717, 1.165) is 43.8 Å².